The largest absolute Gasteiger partial charge is 0.461 e. The van der Waals surface area contributed by atoms with Crippen LogP contribution in [0.15, 0.2) is 182 Å². The number of halogens is 3. The number of carbonyl (C=O) groups is 13. The van der Waals surface area contributed by atoms with E-state index in [1.54, 1.807) is 203 Å². The van der Waals surface area contributed by atoms with Crippen LogP contribution in [0, 0.1) is 0 Å². The van der Waals surface area contributed by atoms with Gasteiger partial charge in [-0.1, -0.05) is 217 Å². The Balaban J connectivity index is 1.25. The first-order valence-electron chi connectivity index (χ1n) is 32.1. The highest BCUT2D eigenvalue weighted by atomic mass is 35.6. The monoisotopic (exact) mass is 1480 g/mol. The second kappa shape index (κ2) is 41.7. The van der Waals surface area contributed by atoms with Gasteiger partial charge in [0.2, 0.25) is 33.3 Å². The Morgan fingerprint density at radius 1 is 0.291 bits per heavy atom. The van der Waals surface area contributed by atoms with Gasteiger partial charge >= 0.3 is 47.9 Å². The fraction of sp³-hybridized carbons (Fsp3) is 0.329. The highest BCUT2D eigenvalue weighted by Gasteiger charge is 2.37. The molecule has 6 rings (SSSR count). The maximum atomic E-state index is 14.4. The summed E-state index contributed by atoms with van der Waals surface area (Å²) in [5.74, 6) is -14.1. The maximum absolute atomic E-state index is 14.4. The van der Waals surface area contributed by atoms with Crippen LogP contribution in [0.25, 0.3) is 0 Å². The molecule has 0 radical (unpaired) electrons. The summed E-state index contributed by atoms with van der Waals surface area (Å²) >= 11 is 17.3. The van der Waals surface area contributed by atoms with E-state index >= 15 is 0 Å². The molecule has 27 nitrogen and oxygen atoms in total. The summed E-state index contributed by atoms with van der Waals surface area (Å²) in [5.41, 5.74) is 1.92. The zero-order valence-corrected chi connectivity index (χ0v) is 58.5. The molecule has 0 aliphatic rings. The highest BCUT2D eigenvalue weighted by Crippen LogP contribution is 2.26. The zero-order valence-electron chi connectivity index (χ0n) is 56.2. The Labute approximate surface area is 607 Å². The molecule has 30 heteroatoms. The lowest BCUT2D eigenvalue weighted by molar-refractivity contribution is -0.155. The van der Waals surface area contributed by atoms with Gasteiger partial charge < -0.3 is 69.8 Å². The second-order valence-electron chi connectivity index (χ2n) is 23.9. The first-order valence-corrected chi connectivity index (χ1v) is 33.2. The summed E-state index contributed by atoms with van der Waals surface area (Å²) in [6.07, 6.45) is -7.02. The smallest absolute Gasteiger partial charge is 0.408 e. The average Bonchev–Trinajstić information content (AvgIpc) is 0.878. The first-order chi connectivity index (χ1) is 49.1. The van der Waals surface area contributed by atoms with Crippen LogP contribution in [0.3, 0.4) is 0 Å². The molecule has 0 saturated heterocycles. The van der Waals surface area contributed by atoms with Crippen molar-refractivity contribution in [2.24, 2.45) is 0 Å². The van der Waals surface area contributed by atoms with Gasteiger partial charge in [-0.15, -0.1) is 0 Å². The van der Waals surface area contributed by atoms with Gasteiger partial charge in [-0.25, -0.2) is 33.6 Å². The summed E-state index contributed by atoms with van der Waals surface area (Å²) in [5, 5.41) is 14.0. The quantitative estimate of drug-likeness (QED) is 0.0130. The van der Waals surface area contributed by atoms with Crippen molar-refractivity contribution >= 4 is 112 Å². The molecule has 6 aromatic rings. The van der Waals surface area contributed by atoms with Gasteiger partial charge in [-0.05, 0) is 54.2 Å². The number of alkyl halides is 3. The van der Waals surface area contributed by atoms with Gasteiger partial charge in [0.15, 0.2) is 0 Å². The molecule has 0 aromatic heterocycles. The van der Waals surface area contributed by atoms with Crippen molar-refractivity contribution in [1.82, 2.24) is 31.9 Å². The van der Waals surface area contributed by atoms with Crippen molar-refractivity contribution in [1.29, 1.82) is 0 Å². The predicted octanol–water partition coefficient (Wildman–Crippen LogP) is 7.02. The van der Waals surface area contributed by atoms with E-state index in [0.717, 1.165) is 0 Å². The fourth-order valence-corrected chi connectivity index (χ4v) is 9.33. The third-order valence-corrected chi connectivity index (χ3v) is 14.5. The van der Waals surface area contributed by atoms with Gasteiger partial charge in [0.25, 0.3) is 0 Å². The van der Waals surface area contributed by atoms with Gasteiger partial charge in [0.05, 0.1) is 38.5 Å². The number of carbonyl (C=O) groups excluding carboxylic acids is 13. The van der Waals surface area contributed by atoms with E-state index in [-0.39, 0.29) is 26.4 Å². The number of ether oxygens (including phenoxy) is 8. The lowest BCUT2D eigenvalue weighted by Crippen LogP contribution is -2.52. The minimum atomic E-state index is -2.06. The van der Waals surface area contributed by atoms with Crippen molar-refractivity contribution in [3.63, 3.8) is 0 Å². The summed E-state index contributed by atoms with van der Waals surface area (Å²) in [6, 6.07) is 38.3. The number of amides is 6. The minimum Gasteiger partial charge on any atom is -0.461 e. The Hall–Kier alpha value is -10.9. The number of hydrogen-bond donors (Lipinski definition) is 6. The van der Waals surface area contributed by atoms with Crippen LogP contribution in [0.2, 0.25) is 0 Å². The van der Waals surface area contributed by atoms with E-state index in [0.29, 0.717) is 33.4 Å². The Morgan fingerprint density at radius 2 is 0.485 bits per heavy atom. The summed E-state index contributed by atoms with van der Waals surface area (Å²) < 4.78 is 41.2. The van der Waals surface area contributed by atoms with E-state index in [4.69, 9.17) is 72.7 Å². The van der Waals surface area contributed by atoms with Crippen LogP contribution in [-0.4, -0.2) is 130 Å². The lowest BCUT2D eigenvalue weighted by Gasteiger charge is -2.24. The molecule has 6 amide bonds. The standard InChI is InChI=1S/C73H77Cl3N6O21/c1-72(2,3)103-71(95)82-57(69(93)100-44-51-30-18-8-19-31-51)38-63(87)80-55(67(91)98-42-49-26-14-6-15-27-49)36-61(85)78-53(65(89)96-40-47-22-10-4-11-23-47)34-59(83)77-54(66(90)97-41-48-24-12-5-13-25-48)35-60(84)79-56(68(92)99-43-50-28-16-7-17-29-50)37-62(86)81-58(39-64(88)102-46-73(74,75)76)70(94)101-45-52-32-20-9-21-33-52/h4-33,53-58H,34-46H2,1-3H3,(H,77,83)(H,78,85)(H,79,84)(H,80,87)(H,81,86)(H,82,95)/t53-,54-,55-,56-,57-,58-/m0/s1. The molecule has 6 N–H and O–H groups in total. The van der Waals surface area contributed by atoms with Crippen molar-refractivity contribution in [3.8, 4) is 0 Å². The molecule has 0 bridgehead atoms. The molecule has 6 aromatic carbocycles. The van der Waals surface area contributed by atoms with Crippen molar-refractivity contribution in [2.45, 2.75) is 145 Å². The first kappa shape index (κ1) is 81.1. The van der Waals surface area contributed by atoms with Crippen LogP contribution in [0.5, 0.6) is 0 Å². The van der Waals surface area contributed by atoms with Crippen molar-refractivity contribution in [3.05, 3.63) is 215 Å². The molecule has 0 unspecified atom stereocenters. The van der Waals surface area contributed by atoms with Gasteiger partial charge in [-0.3, -0.25) is 28.8 Å². The van der Waals surface area contributed by atoms with Crippen LogP contribution in [0.4, 0.5) is 4.79 Å². The maximum Gasteiger partial charge on any atom is 0.408 e. The van der Waals surface area contributed by atoms with Gasteiger partial charge in [-0.2, -0.15) is 0 Å². The molecular weight excluding hydrogens is 1400 g/mol. The van der Waals surface area contributed by atoms with Crippen molar-refractivity contribution < 1.29 is 100 Å². The van der Waals surface area contributed by atoms with Crippen molar-refractivity contribution in [2.75, 3.05) is 6.61 Å². The number of benzene rings is 6. The average molecular weight is 1480 g/mol. The fourth-order valence-electron chi connectivity index (χ4n) is 9.17. The molecule has 546 valence electrons. The SMILES string of the molecule is CC(C)(C)OC(=O)N[C@@H](CC(=O)N[C@@H](CC(=O)N[C@@H](CC(=O)N[C@@H](CC(=O)N[C@@H](CC(=O)N[C@@H](CC(=O)OCC(Cl)(Cl)Cl)C(=O)OCc1ccccc1)C(=O)OCc1ccccc1)C(=O)OCc1ccccc1)C(=O)OCc1ccccc1)C(=O)OCc1ccccc1)C(=O)OCc1ccccc1. The third-order valence-electron chi connectivity index (χ3n) is 14.1. The minimum absolute atomic E-state index is 0.270. The number of nitrogens with one attached hydrogen (secondary N) is 6. The van der Waals surface area contributed by atoms with Crippen LogP contribution in [0.1, 0.15) is 92.7 Å². The molecular formula is C73H77Cl3N6O21. The third kappa shape index (κ3) is 32.1. The molecule has 0 fully saturated rings. The number of esters is 7. The van der Waals surface area contributed by atoms with E-state index in [2.05, 4.69) is 31.9 Å². The number of rotatable bonds is 37. The Bertz CT molecular complexity index is 3820. The Kier molecular flexibility index (Phi) is 32.9. The lowest BCUT2D eigenvalue weighted by atomic mass is 10.1. The summed E-state index contributed by atoms with van der Waals surface area (Å²) in [7, 11) is 0. The molecule has 0 heterocycles. The number of hydrogen-bond acceptors (Lipinski definition) is 21. The van der Waals surface area contributed by atoms with E-state index in [1.807, 2.05) is 0 Å². The van der Waals surface area contributed by atoms with Gasteiger partial charge in [0, 0.05) is 0 Å². The molecule has 6 atom stereocenters. The van der Waals surface area contributed by atoms with E-state index in [1.165, 1.54) is 0 Å². The molecule has 0 aliphatic carbocycles. The van der Waals surface area contributed by atoms with E-state index < -0.39 is 181 Å². The summed E-state index contributed by atoms with van der Waals surface area (Å²) in [4.78, 5) is 181. The number of alkyl carbamates (subject to hydrolysis) is 1. The highest BCUT2D eigenvalue weighted by molar-refractivity contribution is 6.67. The Morgan fingerprint density at radius 3 is 0.680 bits per heavy atom. The molecule has 0 aliphatic heterocycles. The zero-order chi connectivity index (χ0) is 74.7. The molecule has 103 heavy (non-hydrogen) atoms. The second-order valence-corrected chi connectivity index (χ2v) is 26.4. The van der Waals surface area contributed by atoms with Crippen LogP contribution >= 0.6 is 34.8 Å². The van der Waals surface area contributed by atoms with E-state index in [9.17, 15) is 62.3 Å². The molecule has 0 saturated carbocycles. The van der Waals surface area contributed by atoms with Crippen LogP contribution in [-0.2, 0) is 135 Å². The van der Waals surface area contributed by atoms with Crippen LogP contribution < -0.4 is 31.9 Å². The molecule has 0 spiro atoms. The topological polar surface area (TPSA) is 368 Å². The predicted molar refractivity (Wildman–Crippen MR) is 369 cm³/mol. The summed E-state index contributed by atoms with van der Waals surface area (Å²) in [6.45, 7) is 1.77. The van der Waals surface area contributed by atoms with Gasteiger partial charge in [0.1, 0.15) is 88.1 Å². The normalized spacial score (nSPS) is 12.8.